The van der Waals surface area contributed by atoms with Gasteiger partial charge >= 0.3 is 0 Å². The van der Waals surface area contributed by atoms with E-state index < -0.39 is 0 Å². The minimum absolute atomic E-state index is 0.0844. The fourth-order valence-electron chi connectivity index (χ4n) is 4.28. The normalized spacial score (nSPS) is 22.7. The summed E-state index contributed by atoms with van der Waals surface area (Å²) in [5.41, 5.74) is 7.40. The number of ether oxygens (including phenoxy) is 3. The van der Waals surface area contributed by atoms with Gasteiger partial charge in [-0.1, -0.05) is 0 Å². The van der Waals surface area contributed by atoms with Crippen molar-refractivity contribution in [3.05, 3.63) is 41.6 Å². The third-order valence-corrected chi connectivity index (χ3v) is 6.36. The molecule has 8 heteroatoms. The topological polar surface area (TPSA) is 98.9 Å². The van der Waals surface area contributed by atoms with Crippen LogP contribution < -0.4 is 20.5 Å². The van der Waals surface area contributed by atoms with Crippen molar-refractivity contribution >= 4 is 5.91 Å². The third-order valence-electron chi connectivity index (χ3n) is 6.36. The van der Waals surface area contributed by atoms with E-state index in [9.17, 15) is 4.79 Å². The number of nitrogens with one attached hydrogen (secondary N) is 1. The highest BCUT2D eigenvalue weighted by molar-refractivity contribution is 5.93. The molecule has 0 aromatic carbocycles. The van der Waals surface area contributed by atoms with Crippen molar-refractivity contribution in [1.82, 2.24) is 15.2 Å². The number of hydrogen-bond acceptors (Lipinski definition) is 7. The molecule has 0 radical (unpaired) electrons. The minimum Gasteiger partial charge on any atom is -0.497 e. The van der Waals surface area contributed by atoms with E-state index in [0.29, 0.717) is 42.1 Å². The van der Waals surface area contributed by atoms with Crippen molar-refractivity contribution in [1.29, 1.82) is 0 Å². The van der Waals surface area contributed by atoms with Crippen molar-refractivity contribution in [3.8, 4) is 11.5 Å². The summed E-state index contributed by atoms with van der Waals surface area (Å²) >= 11 is 0. The Morgan fingerprint density at radius 2 is 1.94 bits per heavy atom. The Morgan fingerprint density at radius 1 is 1.19 bits per heavy atom. The maximum Gasteiger partial charge on any atom is 0.272 e. The van der Waals surface area contributed by atoms with Crippen LogP contribution in [0.25, 0.3) is 0 Å². The number of nitrogens with zero attached hydrogens (tertiary/aromatic N) is 2. The van der Waals surface area contributed by atoms with Crippen LogP contribution in [0.2, 0.25) is 0 Å². The van der Waals surface area contributed by atoms with Crippen LogP contribution in [0.1, 0.15) is 43.1 Å². The number of pyridine rings is 1. The first-order valence-electron chi connectivity index (χ1n) is 11.0. The van der Waals surface area contributed by atoms with Gasteiger partial charge in [-0.05, 0) is 50.5 Å². The lowest BCUT2D eigenvalue weighted by molar-refractivity contribution is 0.0693. The fourth-order valence-corrected chi connectivity index (χ4v) is 4.28. The molecule has 1 unspecified atom stereocenters. The highest BCUT2D eigenvalue weighted by atomic mass is 16.5. The molecule has 4 rings (SSSR count). The molecule has 2 fully saturated rings. The molecule has 1 saturated heterocycles. The lowest BCUT2D eigenvalue weighted by Gasteiger charge is -2.34. The van der Waals surface area contributed by atoms with Crippen molar-refractivity contribution < 1.29 is 19.0 Å². The van der Waals surface area contributed by atoms with Crippen molar-refractivity contribution in [2.24, 2.45) is 17.6 Å². The van der Waals surface area contributed by atoms with Gasteiger partial charge in [-0.15, -0.1) is 0 Å². The number of rotatable bonds is 7. The van der Waals surface area contributed by atoms with Crippen LogP contribution in [0.15, 0.2) is 35.9 Å². The first-order chi connectivity index (χ1) is 15.0. The number of carbonyl (C=O) groups is 1. The molecule has 2 aliphatic heterocycles. The van der Waals surface area contributed by atoms with Gasteiger partial charge < -0.3 is 30.2 Å². The molecule has 0 bridgehead atoms. The van der Waals surface area contributed by atoms with Gasteiger partial charge in [-0.2, -0.15) is 0 Å². The largest absolute Gasteiger partial charge is 0.497 e. The number of likely N-dealkylation sites (tertiary alicyclic amines) is 1. The van der Waals surface area contributed by atoms with Crippen LogP contribution in [0.4, 0.5) is 0 Å². The molecule has 1 amide bonds. The molecule has 0 spiro atoms. The van der Waals surface area contributed by atoms with Crippen molar-refractivity contribution in [3.63, 3.8) is 0 Å². The molecule has 31 heavy (non-hydrogen) atoms. The van der Waals surface area contributed by atoms with E-state index in [0.717, 1.165) is 24.2 Å². The summed E-state index contributed by atoms with van der Waals surface area (Å²) in [7, 11) is 3.25. The quantitative estimate of drug-likeness (QED) is 0.688. The number of hydrogen-bond donors (Lipinski definition) is 2. The molecule has 3 heterocycles. The molecule has 3 aliphatic rings. The Morgan fingerprint density at radius 3 is 2.58 bits per heavy atom. The minimum atomic E-state index is -0.236. The number of nitrogens with two attached hydrogens (primary N) is 1. The second-order valence-electron chi connectivity index (χ2n) is 8.47. The number of piperidine rings is 1. The van der Waals surface area contributed by atoms with Crippen LogP contribution in [-0.4, -0.2) is 55.4 Å². The number of aromatic nitrogens is 1. The molecule has 1 aromatic heterocycles. The van der Waals surface area contributed by atoms with Crippen LogP contribution in [0, 0.1) is 11.8 Å². The fraction of sp³-hybridized carbons (Fsp3) is 0.565. The highest BCUT2D eigenvalue weighted by Gasteiger charge is 2.31. The predicted molar refractivity (Wildman–Crippen MR) is 117 cm³/mol. The first-order valence-corrected chi connectivity index (χ1v) is 11.0. The van der Waals surface area contributed by atoms with E-state index in [-0.39, 0.29) is 18.2 Å². The van der Waals surface area contributed by atoms with Gasteiger partial charge in [0.05, 0.1) is 32.7 Å². The van der Waals surface area contributed by atoms with Crippen LogP contribution in [-0.2, 0) is 4.74 Å². The van der Waals surface area contributed by atoms with Gasteiger partial charge in [0.1, 0.15) is 11.5 Å². The number of dihydropyridines is 1. The highest BCUT2D eigenvalue weighted by Crippen LogP contribution is 2.37. The number of allylic oxidation sites excluding steroid dienone is 1. The summed E-state index contributed by atoms with van der Waals surface area (Å²) in [5.74, 6) is 2.79. The van der Waals surface area contributed by atoms with Crippen molar-refractivity contribution in [2.45, 2.75) is 44.9 Å². The van der Waals surface area contributed by atoms with Gasteiger partial charge in [0.15, 0.2) is 11.5 Å². The second-order valence-corrected chi connectivity index (χ2v) is 8.47. The lowest BCUT2D eigenvalue weighted by Crippen LogP contribution is -2.41. The van der Waals surface area contributed by atoms with Crippen LogP contribution >= 0.6 is 0 Å². The number of carbonyl (C=O) groups excluding carboxylic acids is 1. The maximum atomic E-state index is 13.1. The Kier molecular flexibility index (Phi) is 6.36. The SMILES string of the molecule is COC1=CC(N)NC=C1C1CCN(C(=O)c2cc(OC)c(O[C@@H](C)C3CC3)cn2)CC1. The lowest BCUT2D eigenvalue weighted by atomic mass is 9.87. The molecule has 1 aromatic rings. The Hall–Kier alpha value is -2.74. The van der Waals surface area contributed by atoms with E-state index in [1.165, 1.54) is 12.8 Å². The Bertz CT molecular complexity index is 872. The van der Waals surface area contributed by atoms with E-state index in [1.807, 2.05) is 17.2 Å². The van der Waals surface area contributed by atoms with E-state index in [4.69, 9.17) is 19.9 Å². The average Bonchev–Trinajstić information content (AvgIpc) is 3.64. The zero-order valence-electron chi connectivity index (χ0n) is 18.5. The monoisotopic (exact) mass is 428 g/mol. The molecule has 3 N–H and O–H groups in total. The van der Waals surface area contributed by atoms with Gasteiger partial charge in [0, 0.05) is 30.9 Å². The van der Waals surface area contributed by atoms with E-state index in [1.54, 1.807) is 26.5 Å². The smallest absolute Gasteiger partial charge is 0.272 e. The Labute approximate surface area is 183 Å². The first kappa shape index (κ1) is 21.5. The summed E-state index contributed by atoms with van der Waals surface area (Å²) in [6.45, 7) is 3.38. The molecule has 168 valence electrons. The molecule has 2 atom stereocenters. The van der Waals surface area contributed by atoms with Gasteiger partial charge in [0.2, 0.25) is 0 Å². The maximum absolute atomic E-state index is 13.1. The second kappa shape index (κ2) is 9.18. The molecular weight excluding hydrogens is 396 g/mol. The number of methoxy groups -OCH3 is 2. The summed E-state index contributed by atoms with van der Waals surface area (Å²) in [6.07, 6.45) is 9.43. The van der Waals surface area contributed by atoms with Gasteiger partial charge in [-0.25, -0.2) is 4.98 Å². The average molecular weight is 429 g/mol. The predicted octanol–water partition coefficient (Wildman–Crippen LogP) is 2.42. The summed E-state index contributed by atoms with van der Waals surface area (Å²) in [4.78, 5) is 19.3. The standard InChI is InChI=1S/C23H32N4O4/c1-14(15-4-5-15)31-21-13-25-18(10-20(21)30-3)23(28)27-8-6-16(7-9-27)17-12-26-22(24)11-19(17)29-2/h10-16,22,26H,4-9,24H2,1-3H3/t14-,22?/m0/s1. The van der Waals surface area contributed by atoms with Crippen LogP contribution in [0.3, 0.4) is 0 Å². The van der Waals surface area contributed by atoms with Crippen LogP contribution in [0.5, 0.6) is 11.5 Å². The molecule has 1 saturated carbocycles. The summed E-state index contributed by atoms with van der Waals surface area (Å²) < 4.78 is 17.0. The summed E-state index contributed by atoms with van der Waals surface area (Å²) in [6, 6.07) is 1.68. The molecular formula is C23H32N4O4. The third kappa shape index (κ3) is 4.79. The van der Waals surface area contributed by atoms with Gasteiger partial charge in [-0.3, -0.25) is 4.79 Å². The molecule has 8 nitrogen and oxygen atoms in total. The zero-order chi connectivity index (χ0) is 22.0. The van der Waals surface area contributed by atoms with Gasteiger partial charge in [0.25, 0.3) is 5.91 Å². The van der Waals surface area contributed by atoms with E-state index >= 15 is 0 Å². The van der Waals surface area contributed by atoms with Crippen molar-refractivity contribution in [2.75, 3.05) is 27.3 Å². The van der Waals surface area contributed by atoms with E-state index in [2.05, 4.69) is 17.2 Å². The Balaban J connectivity index is 1.39. The molecule has 1 aliphatic carbocycles. The number of amides is 1. The summed E-state index contributed by atoms with van der Waals surface area (Å²) in [5, 5.41) is 3.14. The zero-order valence-corrected chi connectivity index (χ0v) is 18.5.